The first-order valence-electron chi connectivity index (χ1n) is 6.20. The number of alkyl halides is 6. The maximum Gasteiger partial charge on any atom is 0.406 e. The number of aliphatic imine (C=N–C) groups is 1. The second-order valence-corrected chi connectivity index (χ2v) is 5.17. The maximum atomic E-state index is 12.8. The molecule has 0 spiro atoms. The molecule has 0 radical (unpaired) electrons. The molecule has 2 rings (SSSR count). The lowest BCUT2D eigenvalue weighted by Gasteiger charge is -2.33. The van der Waals surface area contributed by atoms with E-state index in [9.17, 15) is 26.3 Å². The van der Waals surface area contributed by atoms with E-state index in [0.717, 1.165) is 6.07 Å². The number of nitrogens with one attached hydrogen (secondary N) is 1. The average Bonchev–Trinajstić information content (AvgIpc) is 2.68. The van der Waals surface area contributed by atoms with Gasteiger partial charge in [-0.15, -0.1) is 0 Å². The number of ether oxygens (including phenoxy) is 1. The Hall–Kier alpha value is -2.26. The molecule has 0 amide bonds. The Balaban J connectivity index is 2.24. The molecule has 1 aromatic rings. The van der Waals surface area contributed by atoms with Crippen molar-refractivity contribution in [3.63, 3.8) is 0 Å². The van der Waals surface area contributed by atoms with Gasteiger partial charge in [0.1, 0.15) is 18.2 Å². The van der Waals surface area contributed by atoms with E-state index in [1.807, 2.05) is 0 Å². The van der Waals surface area contributed by atoms with Crippen molar-refractivity contribution in [2.45, 2.75) is 19.3 Å². The van der Waals surface area contributed by atoms with E-state index in [0.29, 0.717) is 5.56 Å². The third kappa shape index (κ3) is 2.84. The number of fused-ring (bicyclic) bond motifs is 1. The quantitative estimate of drug-likeness (QED) is 0.830. The first-order valence-corrected chi connectivity index (χ1v) is 6.20. The van der Waals surface area contributed by atoms with Crippen LogP contribution in [-0.4, -0.2) is 30.6 Å². The molecule has 0 aromatic heterocycles. The lowest BCUT2D eigenvalue weighted by molar-refractivity contribution is -0.340. The molecule has 1 heterocycles. The van der Waals surface area contributed by atoms with Crippen LogP contribution in [0.1, 0.15) is 18.1 Å². The number of nitrogens with two attached hydrogens (primary N) is 1. The van der Waals surface area contributed by atoms with Crippen LogP contribution in [0.2, 0.25) is 0 Å². The molecule has 0 fully saturated rings. The van der Waals surface area contributed by atoms with Gasteiger partial charge in [0.05, 0.1) is 0 Å². The Kier molecular flexibility index (Phi) is 3.82. The summed E-state index contributed by atoms with van der Waals surface area (Å²) in [6.07, 6.45) is -11.1. The van der Waals surface area contributed by atoms with Gasteiger partial charge in [0.25, 0.3) is 0 Å². The first-order chi connectivity index (χ1) is 10.4. The summed E-state index contributed by atoms with van der Waals surface area (Å²) in [6, 6.07) is 3.63. The van der Waals surface area contributed by atoms with Crippen molar-refractivity contribution >= 4 is 11.7 Å². The predicted molar refractivity (Wildman–Crippen MR) is 69.7 cm³/mol. The van der Waals surface area contributed by atoms with Gasteiger partial charge < -0.3 is 10.5 Å². The summed E-state index contributed by atoms with van der Waals surface area (Å²) < 4.78 is 81.3. The van der Waals surface area contributed by atoms with Gasteiger partial charge in [-0.3, -0.25) is 5.41 Å². The zero-order valence-corrected chi connectivity index (χ0v) is 11.6. The van der Waals surface area contributed by atoms with Gasteiger partial charge >= 0.3 is 12.4 Å². The highest BCUT2D eigenvalue weighted by Gasteiger charge is 2.68. The van der Waals surface area contributed by atoms with E-state index in [-0.39, 0.29) is 29.9 Å². The molecule has 0 atom stereocenters. The van der Waals surface area contributed by atoms with Crippen LogP contribution in [0.5, 0.6) is 5.75 Å². The maximum absolute atomic E-state index is 12.8. The van der Waals surface area contributed by atoms with E-state index in [4.69, 9.17) is 15.9 Å². The summed E-state index contributed by atoms with van der Waals surface area (Å²) >= 11 is 0. The van der Waals surface area contributed by atoms with Crippen LogP contribution in [0, 0.1) is 10.8 Å². The standard InChI is InChI=1S/C13H11F6N3O/c1-11(12(14,15)16,13(17,18)19)5-23-6-2-3-7-8(4-6)10(21)22-9(7)20/h2-4H,5H2,1H3,(H3,20,21,22). The molecule has 0 unspecified atom stereocenters. The normalized spacial score (nSPS) is 15.4. The zero-order valence-electron chi connectivity index (χ0n) is 11.6. The van der Waals surface area contributed by atoms with Crippen molar-refractivity contribution in [3.8, 4) is 5.75 Å². The van der Waals surface area contributed by atoms with E-state index in [1.54, 1.807) is 0 Å². The minimum Gasteiger partial charge on any atom is -0.492 e. The summed E-state index contributed by atoms with van der Waals surface area (Å²) in [4.78, 5) is 3.65. The monoisotopic (exact) mass is 339 g/mol. The van der Waals surface area contributed by atoms with Gasteiger partial charge in [0, 0.05) is 11.1 Å². The van der Waals surface area contributed by atoms with Crippen molar-refractivity contribution in [3.05, 3.63) is 29.3 Å². The lowest BCUT2D eigenvalue weighted by atomic mass is 9.90. The topological polar surface area (TPSA) is 71.5 Å². The fourth-order valence-electron chi connectivity index (χ4n) is 1.83. The number of amidine groups is 2. The third-order valence-corrected chi connectivity index (χ3v) is 3.53. The molecule has 0 saturated carbocycles. The van der Waals surface area contributed by atoms with E-state index in [1.165, 1.54) is 12.1 Å². The Bertz CT molecular complexity index is 663. The van der Waals surface area contributed by atoms with Crippen molar-refractivity contribution in [1.29, 1.82) is 5.41 Å². The van der Waals surface area contributed by atoms with Crippen molar-refractivity contribution < 1.29 is 31.1 Å². The third-order valence-electron chi connectivity index (χ3n) is 3.53. The highest BCUT2D eigenvalue weighted by molar-refractivity contribution is 6.20. The largest absolute Gasteiger partial charge is 0.492 e. The molecule has 4 nitrogen and oxygen atoms in total. The summed E-state index contributed by atoms with van der Waals surface area (Å²) in [5.41, 5.74) is 2.06. The molecule has 1 aliphatic heterocycles. The highest BCUT2D eigenvalue weighted by atomic mass is 19.4. The van der Waals surface area contributed by atoms with Crippen molar-refractivity contribution in [2.75, 3.05) is 6.61 Å². The van der Waals surface area contributed by atoms with Gasteiger partial charge in [-0.25, -0.2) is 4.99 Å². The molecule has 10 heteroatoms. The summed E-state index contributed by atoms with van der Waals surface area (Å²) in [7, 11) is 0. The molecule has 3 N–H and O–H groups in total. The van der Waals surface area contributed by atoms with Gasteiger partial charge in [-0.05, 0) is 25.1 Å². The Morgan fingerprint density at radius 2 is 1.65 bits per heavy atom. The molecule has 1 aromatic carbocycles. The molecule has 0 saturated heterocycles. The van der Waals surface area contributed by atoms with Crippen molar-refractivity contribution in [2.24, 2.45) is 16.1 Å². The summed E-state index contributed by atoms with van der Waals surface area (Å²) in [5, 5.41) is 7.53. The number of hydrogen-bond donors (Lipinski definition) is 2. The lowest BCUT2D eigenvalue weighted by Crippen LogP contribution is -2.51. The van der Waals surface area contributed by atoms with Crippen LogP contribution < -0.4 is 10.5 Å². The van der Waals surface area contributed by atoms with Crippen LogP contribution in [0.25, 0.3) is 0 Å². The van der Waals surface area contributed by atoms with Crippen LogP contribution in [0.15, 0.2) is 23.2 Å². The van der Waals surface area contributed by atoms with E-state index < -0.39 is 24.4 Å². The molecule has 23 heavy (non-hydrogen) atoms. The van der Waals surface area contributed by atoms with Gasteiger partial charge in [0.2, 0.25) is 0 Å². The molecule has 126 valence electrons. The smallest absolute Gasteiger partial charge is 0.406 e. The molecule has 0 aliphatic carbocycles. The number of rotatable bonds is 3. The molecular formula is C13H11F6N3O. The fraction of sp³-hybridized carbons (Fsp3) is 0.385. The minimum absolute atomic E-state index is 0.0313. The summed E-state index contributed by atoms with van der Waals surface area (Å²) in [5.74, 6) is -0.428. The fourth-order valence-corrected chi connectivity index (χ4v) is 1.83. The average molecular weight is 339 g/mol. The minimum atomic E-state index is -5.53. The SMILES string of the molecule is CC(COc1ccc2c(c1)C(=N)N=C2N)(C(F)(F)F)C(F)(F)F. The Labute approximate surface area is 126 Å². The van der Waals surface area contributed by atoms with Crippen LogP contribution >= 0.6 is 0 Å². The van der Waals surface area contributed by atoms with E-state index >= 15 is 0 Å². The second kappa shape index (κ2) is 5.14. The van der Waals surface area contributed by atoms with Crippen LogP contribution in [-0.2, 0) is 0 Å². The number of nitrogens with zero attached hydrogens (tertiary/aromatic N) is 1. The van der Waals surface area contributed by atoms with Crippen molar-refractivity contribution in [1.82, 2.24) is 0 Å². The number of halogens is 6. The van der Waals surface area contributed by atoms with Crippen LogP contribution in [0.4, 0.5) is 26.3 Å². The predicted octanol–water partition coefficient (Wildman–Crippen LogP) is 3.24. The molecule has 0 bridgehead atoms. The van der Waals surface area contributed by atoms with Crippen LogP contribution in [0.3, 0.4) is 0 Å². The Morgan fingerprint density at radius 1 is 1.09 bits per heavy atom. The second-order valence-electron chi connectivity index (χ2n) is 5.17. The van der Waals surface area contributed by atoms with Gasteiger partial charge in [-0.1, -0.05) is 0 Å². The Morgan fingerprint density at radius 3 is 2.17 bits per heavy atom. The zero-order chi connectivity index (χ0) is 17.6. The highest BCUT2D eigenvalue weighted by Crippen LogP contribution is 2.50. The van der Waals surface area contributed by atoms with Gasteiger partial charge in [-0.2, -0.15) is 26.3 Å². The number of benzene rings is 1. The summed E-state index contributed by atoms with van der Waals surface area (Å²) in [6.45, 7) is -1.61. The number of hydrogen-bond acceptors (Lipinski definition) is 3. The molecular weight excluding hydrogens is 328 g/mol. The van der Waals surface area contributed by atoms with Gasteiger partial charge in [0.15, 0.2) is 11.3 Å². The van der Waals surface area contributed by atoms with E-state index in [2.05, 4.69) is 4.99 Å². The first kappa shape index (κ1) is 17.1. The molecule has 1 aliphatic rings.